The number of nitrogens with one attached hydrogen (secondary N) is 1. The van der Waals surface area contributed by atoms with Crippen molar-refractivity contribution in [3.8, 4) is 0 Å². The summed E-state index contributed by atoms with van der Waals surface area (Å²) in [5.74, 6) is 0.491. The molecule has 0 fully saturated rings. The topological polar surface area (TPSA) is 79.4 Å². The number of nitrogens with zero attached hydrogens (tertiary/aromatic N) is 2. The van der Waals surface area contributed by atoms with Crippen LogP contribution < -0.4 is 5.32 Å². The Labute approximate surface area is 177 Å². The number of thiazole rings is 1. The zero-order valence-electron chi connectivity index (χ0n) is 15.2. The first kappa shape index (κ1) is 21.1. The highest BCUT2D eigenvalue weighted by Crippen LogP contribution is 2.29. The van der Waals surface area contributed by atoms with Crippen LogP contribution in [0, 0.1) is 0 Å². The Kier molecular flexibility index (Phi) is 6.61. The molecule has 2 aromatic carbocycles. The Balaban J connectivity index is 1.62. The first-order valence-corrected chi connectivity index (χ1v) is 11.9. The Bertz CT molecular complexity index is 1100. The van der Waals surface area contributed by atoms with Gasteiger partial charge in [0, 0.05) is 36.2 Å². The van der Waals surface area contributed by atoms with Crippen molar-refractivity contribution in [3.63, 3.8) is 0 Å². The Hall–Kier alpha value is -1.65. The van der Waals surface area contributed by atoms with Crippen molar-refractivity contribution >= 4 is 66.0 Å². The van der Waals surface area contributed by atoms with Crippen LogP contribution in [0.2, 0.25) is 5.02 Å². The van der Waals surface area contributed by atoms with E-state index in [1.165, 1.54) is 31.5 Å². The van der Waals surface area contributed by atoms with E-state index in [1.54, 1.807) is 23.9 Å². The molecular weight excluding hydrogens is 438 g/mol. The third-order valence-corrected chi connectivity index (χ3v) is 7.81. The number of rotatable bonds is 7. The van der Waals surface area contributed by atoms with E-state index in [9.17, 15) is 13.2 Å². The highest BCUT2D eigenvalue weighted by molar-refractivity contribution is 7.99. The number of carbonyl (C=O) groups excluding carboxylic acids is 1. The summed E-state index contributed by atoms with van der Waals surface area (Å²) >= 11 is 8.68. The quantitative estimate of drug-likeness (QED) is 0.536. The van der Waals surface area contributed by atoms with Crippen LogP contribution in [0.5, 0.6) is 0 Å². The van der Waals surface area contributed by atoms with Gasteiger partial charge >= 0.3 is 0 Å². The Morgan fingerprint density at radius 2 is 1.93 bits per heavy atom. The lowest BCUT2D eigenvalue weighted by molar-refractivity contribution is -0.115. The largest absolute Gasteiger partial charge is 0.302 e. The molecule has 0 aliphatic rings. The van der Waals surface area contributed by atoms with Gasteiger partial charge in [-0.25, -0.2) is 17.7 Å². The van der Waals surface area contributed by atoms with E-state index in [4.69, 9.17) is 11.6 Å². The summed E-state index contributed by atoms with van der Waals surface area (Å²) in [5, 5.41) is 3.92. The highest BCUT2D eigenvalue weighted by atomic mass is 35.5. The molecule has 0 aliphatic carbocycles. The van der Waals surface area contributed by atoms with Crippen LogP contribution in [0.3, 0.4) is 0 Å². The maximum Gasteiger partial charge on any atom is 0.242 e. The van der Waals surface area contributed by atoms with Crippen molar-refractivity contribution in [2.75, 3.05) is 25.2 Å². The lowest BCUT2D eigenvalue weighted by Gasteiger charge is -2.10. The molecule has 0 unspecified atom stereocenters. The molecule has 0 bridgehead atoms. The van der Waals surface area contributed by atoms with E-state index < -0.39 is 10.0 Å². The smallest absolute Gasteiger partial charge is 0.242 e. The normalized spacial score (nSPS) is 11.9. The summed E-state index contributed by atoms with van der Waals surface area (Å²) in [4.78, 5) is 17.8. The van der Waals surface area contributed by atoms with Crippen LogP contribution in [0.25, 0.3) is 10.2 Å². The average molecular weight is 456 g/mol. The zero-order chi connectivity index (χ0) is 20.3. The minimum absolute atomic E-state index is 0.137. The molecule has 3 rings (SSSR count). The molecule has 0 saturated heterocycles. The van der Waals surface area contributed by atoms with Gasteiger partial charge in [0.1, 0.15) is 0 Å². The van der Waals surface area contributed by atoms with Gasteiger partial charge in [-0.1, -0.05) is 22.9 Å². The second-order valence-electron chi connectivity index (χ2n) is 6.04. The molecule has 0 atom stereocenters. The SMILES string of the molecule is CN(C)S(=O)(=O)c1ccc2nc(NC(=O)CCSc3ccc(Cl)cc3)sc2c1. The Morgan fingerprint density at radius 1 is 1.21 bits per heavy atom. The fraction of sp³-hybridized carbons (Fsp3) is 0.222. The van der Waals surface area contributed by atoms with Crippen molar-refractivity contribution in [1.82, 2.24) is 9.29 Å². The van der Waals surface area contributed by atoms with Gasteiger partial charge in [-0.3, -0.25) is 4.79 Å². The van der Waals surface area contributed by atoms with Crippen LogP contribution in [0.15, 0.2) is 52.3 Å². The van der Waals surface area contributed by atoms with Crippen LogP contribution >= 0.6 is 34.7 Å². The number of thioether (sulfide) groups is 1. The van der Waals surface area contributed by atoms with E-state index >= 15 is 0 Å². The maximum absolute atomic E-state index is 12.2. The minimum atomic E-state index is -3.51. The molecule has 0 aliphatic heterocycles. The van der Waals surface area contributed by atoms with Crippen LogP contribution in [-0.4, -0.2) is 43.5 Å². The van der Waals surface area contributed by atoms with Crippen LogP contribution in [-0.2, 0) is 14.8 Å². The molecule has 6 nitrogen and oxygen atoms in total. The van der Waals surface area contributed by atoms with Gasteiger partial charge in [0.05, 0.1) is 15.1 Å². The number of halogens is 1. The summed E-state index contributed by atoms with van der Waals surface area (Å²) in [6, 6.07) is 12.2. The molecule has 10 heteroatoms. The van der Waals surface area contributed by atoms with E-state index in [0.29, 0.717) is 32.5 Å². The van der Waals surface area contributed by atoms with E-state index in [0.717, 1.165) is 9.20 Å². The molecule has 1 amide bonds. The molecule has 28 heavy (non-hydrogen) atoms. The molecule has 1 N–H and O–H groups in total. The third-order valence-electron chi connectivity index (χ3n) is 3.80. The van der Waals surface area contributed by atoms with Gasteiger partial charge in [0.25, 0.3) is 0 Å². The number of anilines is 1. The molecule has 3 aromatic rings. The first-order chi connectivity index (χ1) is 13.3. The number of hydrogen-bond donors (Lipinski definition) is 1. The fourth-order valence-electron chi connectivity index (χ4n) is 2.30. The van der Waals surface area contributed by atoms with Gasteiger partial charge in [-0.05, 0) is 42.5 Å². The number of aromatic nitrogens is 1. The molecule has 0 spiro atoms. The standard InChI is InChI=1S/C18H18ClN3O3S3/c1-22(2)28(24,25)14-7-8-15-16(11-14)27-18(20-15)21-17(23)9-10-26-13-5-3-12(19)4-6-13/h3-8,11H,9-10H2,1-2H3,(H,20,21,23). The predicted molar refractivity (Wildman–Crippen MR) is 116 cm³/mol. The monoisotopic (exact) mass is 455 g/mol. The molecule has 148 valence electrons. The fourth-order valence-corrected chi connectivity index (χ4v) is 5.21. The van der Waals surface area contributed by atoms with E-state index in [1.807, 2.05) is 24.3 Å². The summed E-state index contributed by atoms with van der Waals surface area (Å²) in [7, 11) is -0.537. The van der Waals surface area contributed by atoms with Crippen molar-refractivity contribution < 1.29 is 13.2 Å². The number of fused-ring (bicyclic) bond motifs is 1. The molecule has 0 saturated carbocycles. The summed E-state index contributed by atoms with van der Waals surface area (Å²) in [6.07, 6.45) is 0.337. The second-order valence-corrected chi connectivity index (χ2v) is 10.8. The number of amides is 1. The lowest BCUT2D eigenvalue weighted by Crippen LogP contribution is -2.22. The minimum Gasteiger partial charge on any atom is -0.302 e. The van der Waals surface area contributed by atoms with Crippen molar-refractivity contribution in [2.45, 2.75) is 16.2 Å². The highest BCUT2D eigenvalue weighted by Gasteiger charge is 2.18. The molecule has 1 aromatic heterocycles. The van der Waals surface area contributed by atoms with Crippen LogP contribution in [0.1, 0.15) is 6.42 Å². The number of sulfonamides is 1. The number of carbonyl (C=O) groups is 1. The van der Waals surface area contributed by atoms with Gasteiger partial charge in [-0.15, -0.1) is 11.8 Å². The number of hydrogen-bond acceptors (Lipinski definition) is 6. The van der Waals surface area contributed by atoms with Gasteiger partial charge < -0.3 is 5.32 Å². The summed E-state index contributed by atoms with van der Waals surface area (Å²) in [6.45, 7) is 0. The van der Waals surface area contributed by atoms with E-state index in [2.05, 4.69) is 10.3 Å². The lowest BCUT2D eigenvalue weighted by atomic mass is 10.3. The number of benzene rings is 2. The van der Waals surface area contributed by atoms with Gasteiger partial charge in [0.15, 0.2) is 5.13 Å². The van der Waals surface area contributed by atoms with Crippen molar-refractivity contribution in [3.05, 3.63) is 47.5 Å². The van der Waals surface area contributed by atoms with E-state index in [-0.39, 0.29) is 10.8 Å². The summed E-state index contributed by atoms with van der Waals surface area (Å²) in [5.41, 5.74) is 0.647. The van der Waals surface area contributed by atoms with Crippen molar-refractivity contribution in [1.29, 1.82) is 0 Å². The molecule has 0 radical (unpaired) electrons. The van der Waals surface area contributed by atoms with Crippen LogP contribution in [0.4, 0.5) is 5.13 Å². The predicted octanol–water partition coefficient (Wildman–Crippen LogP) is 4.32. The second kappa shape index (κ2) is 8.79. The Morgan fingerprint density at radius 3 is 2.61 bits per heavy atom. The average Bonchev–Trinajstić information content (AvgIpc) is 3.04. The third kappa shape index (κ3) is 5.03. The van der Waals surface area contributed by atoms with Gasteiger partial charge in [-0.2, -0.15) is 0 Å². The summed E-state index contributed by atoms with van der Waals surface area (Å²) < 4.78 is 26.4. The first-order valence-electron chi connectivity index (χ1n) is 8.27. The van der Waals surface area contributed by atoms with Gasteiger partial charge in [0.2, 0.25) is 15.9 Å². The zero-order valence-corrected chi connectivity index (χ0v) is 18.4. The van der Waals surface area contributed by atoms with Crippen molar-refractivity contribution in [2.24, 2.45) is 0 Å². The maximum atomic E-state index is 12.2. The molecular formula is C18H18ClN3O3S3. The molecule has 1 heterocycles.